The van der Waals surface area contributed by atoms with Crippen molar-refractivity contribution in [1.29, 1.82) is 0 Å². The Morgan fingerprint density at radius 3 is 2.60 bits per heavy atom. The van der Waals surface area contributed by atoms with E-state index in [2.05, 4.69) is 10.3 Å². The number of halogens is 1. The number of benzene rings is 1. The number of nitrogens with zero attached hydrogens (tertiary/aromatic N) is 1. The molecule has 1 aromatic carbocycles. The first kappa shape index (κ1) is 14.3. The minimum absolute atomic E-state index is 0.0861. The van der Waals surface area contributed by atoms with Gasteiger partial charge in [0.2, 0.25) is 0 Å². The van der Waals surface area contributed by atoms with Gasteiger partial charge in [-0.3, -0.25) is 4.79 Å². The van der Waals surface area contributed by atoms with E-state index >= 15 is 0 Å². The lowest BCUT2D eigenvalue weighted by Gasteiger charge is -2.20. The van der Waals surface area contributed by atoms with Crippen molar-refractivity contribution in [3.8, 4) is 0 Å². The molecule has 2 aromatic rings. The molecule has 1 amide bonds. The highest BCUT2D eigenvalue weighted by Gasteiger charge is 2.29. The summed E-state index contributed by atoms with van der Waals surface area (Å²) < 4.78 is 0. The predicted molar refractivity (Wildman–Crippen MR) is 75.9 cm³/mol. The number of hydrogen-bond donors (Lipinski definition) is 2. The highest BCUT2D eigenvalue weighted by Crippen LogP contribution is 2.23. The van der Waals surface area contributed by atoms with E-state index in [1.165, 1.54) is 19.9 Å². The Labute approximate surface area is 120 Å². The second-order valence-electron chi connectivity index (χ2n) is 4.89. The van der Waals surface area contributed by atoms with Gasteiger partial charge in [-0.25, -0.2) is 9.78 Å². The standard InChI is InChI=1S/C14H13ClN2O3/c1-14(2,13(19)20)17-12(18)11-7-9(15)8-5-3-4-6-10(8)16-11/h3-7H,1-2H3,(H,17,18)(H,19,20). The van der Waals surface area contributed by atoms with E-state index in [9.17, 15) is 9.59 Å². The molecule has 104 valence electrons. The van der Waals surface area contributed by atoms with Gasteiger partial charge in [-0.2, -0.15) is 0 Å². The van der Waals surface area contributed by atoms with Crippen molar-refractivity contribution < 1.29 is 14.7 Å². The number of carboxylic acids is 1. The van der Waals surface area contributed by atoms with Crippen molar-refractivity contribution in [3.05, 3.63) is 41.0 Å². The minimum Gasteiger partial charge on any atom is -0.480 e. The van der Waals surface area contributed by atoms with Gasteiger partial charge in [0.15, 0.2) is 0 Å². The molecule has 20 heavy (non-hydrogen) atoms. The maximum Gasteiger partial charge on any atom is 0.328 e. The first-order valence-electron chi connectivity index (χ1n) is 5.92. The normalized spacial score (nSPS) is 11.3. The van der Waals surface area contributed by atoms with Crippen molar-refractivity contribution in [2.45, 2.75) is 19.4 Å². The number of carboxylic acid groups (broad SMARTS) is 1. The van der Waals surface area contributed by atoms with Crippen LogP contribution in [0.1, 0.15) is 24.3 Å². The van der Waals surface area contributed by atoms with Gasteiger partial charge in [0.25, 0.3) is 5.91 Å². The highest BCUT2D eigenvalue weighted by atomic mass is 35.5. The van der Waals surface area contributed by atoms with Gasteiger partial charge in [-0.15, -0.1) is 0 Å². The molecule has 2 N–H and O–H groups in total. The number of carbonyl (C=O) groups is 2. The Kier molecular flexibility index (Phi) is 3.63. The van der Waals surface area contributed by atoms with Gasteiger partial charge in [-0.05, 0) is 26.0 Å². The Morgan fingerprint density at radius 2 is 1.95 bits per heavy atom. The van der Waals surface area contributed by atoms with E-state index in [1.807, 2.05) is 6.07 Å². The molecule has 0 bridgehead atoms. The number of fused-ring (bicyclic) bond motifs is 1. The average Bonchev–Trinajstić information content (AvgIpc) is 2.38. The molecular weight excluding hydrogens is 280 g/mol. The number of para-hydroxylation sites is 1. The van der Waals surface area contributed by atoms with Crippen LogP contribution in [0.4, 0.5) is 0 Å². The number of amides is 1. The molecule has 0 saturated heterocycles. The molecule has 0 fully saturated rings. The Balaban J connectivity index is 2.38. The molecule has 2 rings (SSSR count). The van der Waals surface area contributed by atoms with E-state index < -0.39 is 17.4 Å². The van der Waals surface area contributed by atoms with Crippen molar-refractivity contribution in [2.24, 2.45) is 0 Å². The molecule has 0 aliphatic carbocycles. The largest absolute Gasteiger partial charge is 0.480 e. The average molecular weight is 293 g/mol. The summed E-state index contributed by atoms with van der Waals surface area (Å²) in [5, 5.41) is 12.5. The van der Waals surface area contributed by atoms with Crippen molar-refractivity contribution in [2.75, 3.05) is 0 Å². The molecule has 0 atom stereocenters. The molecule has 0 spiro atoms. The smallest absolute Gasteiger partial charge is 0.328 e. The van der Waals surface area contributed by atoms with Crippen LogP contribution in [0.25, 0.3) is 10.9 Å². The van der Waals surface area contributed by atoms with Gasteiger partial charge in [0.1, 0.15) is 11.2 Å². The first-order chi connectivity index (χ1) is 9.31. The van der Waals surface area contributed by atoms with E-state index in [0.29, 0.717) is 10.5 Å². The summed E-state index contributed by atoms with van der Waals surface area (Å²) in [7, 11) is 0. The van der Waals surface area contributed by atoms with E-state index in [-0.39, 0.29) is 5.69 Å². The van der Waals surface area contributed by atoms with Gasteiger partial charge < -0.3 is 10.4 Å². The Hall–Kier alpha value is -2.14. The topological polar surface area (TPSA) is 79.3 Å². The third-order valence-corrected chi connectivity index (χ3v) is 3.17. The number of rotatable bonds is 3. The summed E-state index contributed by atoms with van der Waals surface area (Å²) in [6.45, 7) is 2.80. The Bertz CT molecular complexity index is 698. The number of nitrogens with one attached hydrogen (secondary N) is 1. The summed E-state index contributed by atoms with van der Waals surface area (Å²) in [5.41, 5.74) is -0.710. The van der Waals surface area contributed by atoms with Crippen LogP contribution in [0.5, 0.6) is 0 Å². The summed E-state index contributed by atoms with van der Waals surface area (Å²) in [6, 6.07) is 8.57. The molecule has 0 unspecified atom stereocenters. The van der Waals surface area contributed by atoms with Gasteiger partial charge in [0.05, 0.1) is 10.5 Å². The molecule has 1 aromatic heterocycles. The van der Waals surface area contributed by atoms with Crippen LogP contribution in [0.3, 0.4) is 0 Å². The van der Waals surface area contributed by atoms with Crippen molar-refractivity contribution in [3.63, 3.8) is 0 Å². The predicted octanol–water partition coefficient (Wildman–Crippen LogP) is 2.48. The maximum absolute atomic E-state index is 12.1. The zero-order valence-corrected chi connectivity index (χ0v) is 11.7. The van der Waals surface area contributed by atoms with Crippen molar-refractivity contribution >= 4 is 34.4 Å². The number of aliphatic carboxylic acids is 1. The van der Waals surface area contributed by atoms with Gasteiger partial charge in [0, 0.05) is 5.39 Å². The molecule has 0 aliphatic rings. The van der Waals surface area contributed by atoms with Crippen molar-refractivity contribution in [1.82, 2.24) is 10.3 Å². The van der Waals surface area contributed by atoms with Gasteiger partial charge in [-0.1, -0.05) is 29.8 Å². The summed E-state index contributed by atoms with van der Waals surface area (Å²) >= 11 is 6.10. The lowest BCUT2D eigenvalue weighted by molar-refractivity contribution is -0.143. The fourth-order valence-corrected chi connectivity index (χ4v) is 1.91. The lowest BCUT2D eigenvalue weighted by atomic mass is 10.1. The lowest BCUT2D eigenvalue weighted by Crippen LogP contribution is -2.49. The first-order valence-corrected chi connectivity index (χ1v) is 6.30. The molecule has 0 saturated carbocycles. The van der Waals surface area contributed by atoms with E-state index in [0.717, 1.165) is 5.39 Å². The minimum atomic E-state index is -1.38. The van der Waals surface area contributed by atoms with Crippen LogP contribution in [0.2, 0.25) is 5.02 Å². The number of carbonyl (C=O) groups excluding carboxylic acids is 1. The zero-order chi connectivity index (χ0) is 14.9. The molecule has 5 nitrogen and oxygen atoms in total. The fourth-order valence-electron chi connectivity index (χ4n) is 1.65. The van der Waals surface area contributed by atoms with Crippen LogP contribution in [-0.4, -0.2) is 27.5 Å². The molecule has 6 heteroatoms. The van der Waals surface area contributed by atoms with Crippen LogP contribution >= 0.6 is 11.6 Å². The van der Waals surface area contributed by atoms with Crippen LogP contribution in [-0.2, 0) is 4.79 Å². The Morgan fingerprint density at radius 1 is 1.30 bits per heavy atom. The number of pyridine rings is 1. The number of aromatic nitrogens is 1. The summed E-state index contributed by atoms with van der Waals surface area (Å²) in [4.78, 5) is 27.3. The molecule has 0 radical (unpaired) electrons. The third-order valence-electron chi connectivity index (χ3n) is 2.86. The number of hydrogen-bond acceptors (Lipinski definition) is 3. The van der Waals surface area contributed by atoms with Crippen LogP contribution in [0.15, 0.2) is 30.3 Å². The van der Waals surface area contributed by atoms with Gasteiger partial charge >= 0.3 is 5.97 Å². The fraction of sp³-hybridized carbons (Fsp3) is 0.214. The third kappa shape index (κ3) is 2.72. The van der Waals surface area contributed by atoms with Crippen LogP contribution < -0.4 is 5.32 Å². The molecular formula is C14H13ClN2O3. The molecule has 1 heterocycles. The summed E-state index contributed by atoms with van der Waals surface area (Å²) in [6.07, 6.45) is 0. The van der Waals surface area contributed by atoms with E-state index in [1.54, 1.807) is 18.2 Å². The second-order valence-corrected chi connectivity index (χ2v) is 5.30. The monoisotopic (exact) mass is 292 g/mol. The quantitative estimate of drug-likeness (QED) is 0.911. The zero-order valence-electron chi connectivity index (χ0n) is 11.0. The maximum atomic E-state index is 12.1. The summed E-state index contributed by atoms with van der Waals surface area (Å²) in [5.74, 6) is -1.71. The SMILES string of the molecule is CC(C)(NC(=O)c1cc(Cl)c2ccccc2n1)C(=O)O. The van der Waals surface area contributed by atoms with Crippen LogP contribution in [0, 0.1) is 0 Å². The molecule has 0 aliphatic heterocycles. The second kappa shape index (κ2) is 5.09. The highest BCUT2D eigenvalue weighted by molar-refractivity contribution is 6.35. The van der Waals surface area contributed by atoms with E-state index in [4.69, 9.17) is 16.7 Å².